The number of fused-ring (bicyclic) bond motifs is 1. The van der Waals surface area contributed by atoms with Crippen LogP contribution in [-0.4, -0.2) is 52.2 Å². The quantitative estimate of drug-likeness (QED) is 0.529. The van der Waals surface area contributed by atoms with Crippen molar-refractivity contribution in [2.75, 3.05) is 6.54 Å². The molecule has 0 radical (unpaired) electrons. The molecule has 26 heavy (non-hydrogen) atoms. The molecule has 3 rings (SSSR count). The number of carbonyl (C=O) groups excluding carboxylic acids is 2. The molecule has 0 bridgehead atoms. The fourth-order valence-electron chi connectivity index (χ4n) is 2.67. The fraction of sp³-hybridized carbons (Fsp3) is 0.438. The number of rotatable bonds is 1. The summed E-state index contributed by atoms with van der Waals surface area (Å²) in [6, 6.07) is 1.44. The Morgan fingerprint density at radius 1 is 1.38 bits per heavy atom. The van der Waals surface area contributed by atoms with Gasteiger partial charge in [0.15, 0.2) is 0 Å². The lowest BCUT2D eigenvalue weighted by Crippen LogP contribution is -2.55. The van der Waals surface area contributed by atoms with Gasteiger partial charge in [-0.05, 0) is 58.7 Å². The fourth-order valence-corrected chi connectivity index (χ4v) is 3.33. The van der Waals surface area contributed by atoms with E-state index in [1.807, 2.05) is 12.2 Å². The van der Waals surface area contributed by atoms with Gasteiger partial charge in [-0.1, -0.05) is 12.2 Å². The molecule has 2 amide bonds. The summed E-state index contributed by atoms with van der Waals surface area (Å²) < 4.78 is 6.70. The van der Waals surface area contributed by atoms with Crippen molar-refractivity contribution < 1.29 is 14.3 Å². The van der Waals surface area contributed by atoms with Crippen LogP contribution in [0.2, 0.25) is 0 Å². The number of hydrogen-bond donors (Lipinski definition) is 3. The minimum Gasteiger partial charge on any atom is -0.444 e. The normalized spacial score (nSPS) is 21.7. The molecule has 10 heteroatoms. The molecule has 0 aliphatic carbocycles. The molecule has 1 aromatic rings. The number of nitrogens with one attached hydrogen (secondary N) is 3. The van der Waals surface area contributed by atoms with E-state index in [0.29, 0.717) is 16.8 Å². The molecule has 140 valence electrons. The number of amides is 2. The first-order chi connectivity index (χ1) is 12.1. The lowest BCUT2D eigenvalue weighted by molar-refractivity contribution is 0.0561. The number of H-pyrrole nitrogens is 1. The number of aromatic nitrogens is 1. The van der Waals surface area contributed by atoms with E-state index in [1.165, 1.54) is 0 Å². The third-order valence-corrected chi connectivity index (χ3v) is 5.48. The maximum absolute atomic E-state index is 12.8. The highest BCUT2D eigenvalue weighted by atomic mass is 79.9. The molecule has 2 aliphatic rings. The van der Waals surface area contributed by atoms with Crippen LogP contribution in [-0.2, 0) is 4.74 Å². The average Bonchev–Trinajstić information content (AvgIpc) is 3.07. The zero-order valence-electron chi connectivity index (χ0n) is 14.5. The van der Waals surface area contributed by atoms with Gasteiger partial charge in [0.25, 0.3) is 5.91 Å². The van der Waals surface area contributed by atoms with Crippen molar-refractivity contribution in [3.05, 3.63) is 33.0 Å². The molecule has 0 fully saturated rings. The van der Waals surface area contributed by atoms with Gasteiger partial charge in [-0.15, -0.1) is 0 Å². The van der Waals surface area contributed by atoms with Gasteiger partial charge < -0.3 is 19.9 Å². The molecule has 1 aromatic heterocycles. The predicted octanol–water partition coefficient (Wildman–Crippen LogP) is 2.73. The highest BCUT2D eigenvalue weighted by Crippen LogP contribution is 2.26. The van der Waals surface area contributed by atoms with E-state index in [2.05, 4.69) is 52.5 Å². The van der Waals surface area contributed by atoms with Gasteiger partial charge in [0, 0.05) is 6.54 Å². The number of aliphatic imine (C=N–C) groups is 1. The van der Waals surface area contributed by atoms with Crippen LogP contribution in [0.5, 0.6) is 0 Å². The van der Waals surface area contributed by atoms with E-state index >= 15 is 0 Å². The van der Waals surface area contributed by atoms with Crippen LogP contribution in [0.15, 0.2) is 32.3 Å². The number of alkyl carbamates (subject to hydrolysis) is 1. The van der Waals surface area contributed by atoms with Crippen molar-refractivity contribution >= 4 is 49.8 Å². The standard InChI is InChI=1S/C16H19Br2N5O3/c1-16(2,3)26-15(25)22-14-20-9-5-4-6-23(12(9)21-14)13(24)10-7-8(17)11(18)19-10/h4-5,7,9,12,19H,6H2,1-3H3,(H2,20,21,22,25). The Balaban J connectivity index is 1.70. The van der Waals surface area contributed by atoms with E-state index < -0.39 is 11.7 Å². The van der Waals surface area contributed by atoms with Crippen molar-refractivity contribution in [2.45, 2.75) is 38.6 Å². The minimum atomic E-state index is -0.605. The first-order valence-electron chi connectivity index (χ1n) is 8.00. The van der Waals surface area contributed by atoms with Gasteiger partial charge in [-0.3, -0.25) is 10.1 Å². The van der Waals surface area contributed by atoms with Crippen molar-refractivity contribution in [3.63, 3.8) is 0 Å². The van der Waals surface area contributed by atoms with E-state index in [9.17, 15) is 9.59 Å². The van der Waals surface area contributed by atoms with Gasteiger partial charge in [0.2, 0.25) is 5.96 Å². The van der Waals surface area contributed by atoms with E-state index in [1.54, 1.807) is 31.7 Å². The van der Waals surface area contributed by atoms with Gasteiger partial charge in [-0.2, -0.15) is 0 Å². The van der Waals surface area contributed by atoms with Gasteiger partial charge in [0.05, 0.1) is 9.08 Å². The van der Waals surface area contributed by atoms with Crippen LogP contribution in [0.4, 0.5) is 4.79 Å². The van der Waals surface area contributed by atoms with Crippen molar-refractivity contribution in [2.24, 2.45) is 4.99 Å². The number of aromatic amines is 1. The Morgan fingerprint density at radius 2 is 2.12 bits per heavy atom. The first-order valence-corrected chi connectivity index (χ1v) is 9.58. The predicted molar refractivity (Wildman–Crippen MR) is 104 cm³/mol. The third-order valence-electron chi connectivity index (χ3n) is 3.69. The largest absolute Gasteiger partial charge is 0.444 e. The van der Waals surface area contributed by atoms with Crippen LogP contribution >= 0.6 is 31.9 Å². The summed E-state index contributed by atoms with van der Waals surface area (Å²) in [5.74, 6) is 0.115. The summed E-state index contributed by atoms with van der Waals surface area (Å²) in [5, 5.41) is 5.67. The Hall–Kier alpha value is -1.81. The molecular weight excluding hydrogens is 470 g/mol. The zero-order chi connectivity index (χ0) is 19.1. The number of halogens is 2. The molecule has 8 nitrogen and oxygen atoms in total. The van der Waals surface area contributed by atoms with E-state index in [0.717, 1.165) is 4.47 Å². The average molecular weight is 489 g/mol. The second-order valence-corrected chi connectivity index (χ2v) is 8.56. The van der Waals surface area contributed by atoms with Crippen LogP contribution < -0.4 is 10.6 Å². The molecule has 0 spiro atoms. The van der Waals surface area contributed by atoms with Crippen molar-refractivity contribution in [1.29, 1.82) is 0 Å². The van der Waals surface area contributed by atoms with Crippen LogP contribution in [0, 0.1) is 0 Å². The highest BCUT2D eigenvalue weighted by molar-refractivity contribution is 9.13. The zero-order valence-corrected chi connectivity index (χ0v) is 17.6. The Bertz CT molecular complexity index is 777. The number of ether oxygens (including phenoxy) is 1. The number of nitrogens with zero attached hydrogens (tertiary/aromatic N) is 2. The summed E-state index contributed by atoms with van der Waals surface area (Å²) in [7, 11) is 0. The van der Waals surface area contributed by atoms with Gasteiger partial charge in [-0.25, -0.2) is 9.79 Å². The number of carbonyl (C=O) groups is 2. The highest BCUT2D eigenvalue weighted by Gasteiger charge is 2.38. The molecule has 0 saturated carbocycles. The molecule has 2 unspecified atom stereocenters. The van der Waals surface area contributed by atoms with E-state index in [4.69, 9.17) is 4.74 Å². The summed E-state index contributed by atoms with van der Waals surface area (Å²) in [6.07, 6.45) is 2.82. The maximum atomic E-state index is 12.8. The van der Waals surface area contributed by atoms with Crippen molar-refractivity contribution in [3.8, 4) is 0 Å². The number of hydrogen-bond acceptors (Lipinski definition) is 5. The second kappa shape index (κ2) is 7.07. The smallest absolute Gasteiger partial charge is 0.414 e. The van der Waals surface area contributed by atoms with Gasteiger partial charge in [0.1, 0.15) is 23.5 Å². The molecule has 3 heterocycles. The summed E-state index contributed by atoms with van der Waals surface area (Å²) >= 11 is 6.70. The lowest BCUT2D eigenvalue weighted by atomic mass is 10.1. The SMILES string of the molecule is CC(C)(C)OC(=O)NC1=NC2C=CCN(C(=O)c3cc(Br)c(Br)[nH]3)C2N1. The molecule has 2 aliphatic heterocycles. The molecule has 0 saturated heterocycles. The summed E-state index contributed by atoms with van der Waals surface area (Å²) in [6.45, 7) is 5.79. The molecule has 2 atom stereocenters. The van der Waals surface area contributed by atoms with Crippen LogP contribution in [0.1, 0.15) is 31.3 Å². The molecule has 0 aromatic carbocycles. The van der Waals surface area contributed by atoms with Crippen molar-refractivity contribution in [1.82, 2.24) is 20.5 Å². The summed E-state index contributed by atoms with van der Waals surface area (Å²) in [4.78, 5) is 33.8. The molecular formula is C16H19Br2N5O3. The van der Waals surface area contributed by atoms with Gasteiger partial charge >= 0.3 is 6.09 Å². The summed E-state index contributed by atoms with van der Waals surface area (Å²) in [5.41, 5.74) is -0.153. The second-order valence-electron chi connectivity index (χ2n) is 6.91. The minimum absolute atomic E-state index is 0.169. The third kappa shape index (κ3) is 4.12. The number of guanidine groups is 1. The Morgan fingerprint density at radius 3 is 2.73 bits per heavy atom. The lowest BCUT2D eigenvalue weighted by Gasteiger charge is -2.33. The Kier molecular flexibility index (Phi) is 5.16. The topological polar surface area (TPSA) is 98.8 Å². The monoisotopic (exact) mass is 487 g/mol. The molecule has 3 N–H and O–H groups in total. The maximum Gasteiger partial charge on any atom is 0.414 e. The first kappa shape index (κ1) is 19.0. The van der Waals surface area contributed by atoms with Crippen LogP contribution in [0.3, 0.4) is 0 Å². The van der Waals surface area contributed by atoms with E-state index in [-0.39, 0.29) is 24.1 Å². The Labute approximate surface area is 167 Å². The van der Waals surface area contributed by atoms with Crippen LogP contribution in [0.25, 0.3) is 0 Å².